The van der Waals surface area contributed by atoms with Gasteiger partial charge in [0.1, 0.15) is 0 Å². The summed E-state index contributed by atoms with van der Waals surface area (Å²) < 4.78 is 0. The first kappa shape index (κ1) is 11.1. The molecule has 0 aliphatic heterocycles. The summed E-state index contributed by atoms with van der Waals surface area (Å²) in [5.74, 6) is 4.86. The van der Waals surface area contributed by atoms with Gasteiger partial charge in [-0.15, -0.1) is 0 Å². The summed E-state index contributed by atoms with van der Waals surface area (Å²) >= 11 is 0. The molecule has 1 aromatic rings. The Bertz CT molecular complexity index is 348. The third kappa shape index (κ3) is 3.70. The molecule has 0 aliphatic rings. The number of nitrogens with one attached hydrogen (secondary N) is 2. The predicted octanol–water partition coefficient (Wildman–Crippen LogP) is -0.320. The second kappa shape index (κ2) is 5.66. The van der Waals surface area contributed by atoms with Crippen LogP contribution in [0.3, 0.4) is 0 Å². The van der Waals surface area contributed by atoms with Crippen LogP contribution in [0.1, 0.15) is 10.4 Å². The minimum Gasteiger partial charge on any atom is -0.399 e. The van der Waals surface area contributed by atoms with Gasteiger partial charge >= 0.3 is 0 Å². The van der Waals surface area contributed by atoms with E-state index in [0.717, 1.165) is 0 Å². The number of nitrogens with two attached hydrogens (primary N) is 2. The maximum absolute atomic E-state index is 11.5. The van der Waals surface area contributed by atoms with E-state index in [4.69, 9.17) is 11.6 Å². The van der Waals surface area contributed by atoms with E-state index in [2.05, 4.69) is 10.7 Å². The minimum atomic E-state index is -0.163. The van der Waals surface area contributed by atoms with Crippen LogP contribution in [0.2, 0.25) is 0 Å². The lowest BCUT2D eigenvalue weighted by molar-refractivity contribution is 0.0957. The molecule has 0 saturated carbocycles. The molecule has 0 unspecified atom stereocenters. The average molecular weight is 206 g/mol. The molecule has 1 aromatic carbocycles. The van der Waals surface area contributed by atoms with Crippen molar-refractivity contribution in [1.29, 1.82) is 0 Å². The number of hydrogen-bond acceptors (Lipinski definition) is 4. The highest BCUT2D eigenvalue weighted by Gasteiger charge is 2.02. The van der Waals surface area contributed by atoms with Crippen LogP contribution in [0.25, 0.3) is 0 Å². The summed E-state index contributed by atoms with van der Waals surface area (Å²) in [6, 6.07) is 8.92. The van der Waals surface area contributed by atoms with E-state index >= 15 is 0 Å². The Hall–Kier alpha value is -2.01. The van der Waals surface area contributed by atoms with Crippen molar-refractivity contribution in [3.05, 3.63) is 47.8 Å². The maximum Gasteiger partial charge on any atom is 0.251 e. The Labute approximate surface area is 88.1 Å². The standard InChI is InChI=1S/C10H14N4O/c11-9(7-14-12)6-13-10(15)8-4-2-1-3-5-8/h1-5,7,14H,6,11-12H2,(H,13,15)/b9-7-. The number of rotatable bonds is 4. The molecule has 0 heterocycles. The van der Waals surface area contributed by atoms with Crippen molar-refractivity contribution in [2.75, 3.05) is 6.54 Å². The Morgan fingerprint density at radius 1 is 1.33 bits per heavy atom. The summed E-state index contributed by atoms with van der Waals surface area (Å²) in [5.41, 5.74) is 8.87. The van der Waals surface area contributed by atoms with Crippen molar-refractivity contribution in [2.45, 2.75) is 0 Å². The van der Waals surface area contributed by atoms with Crippen LogP contribution in [-0.4, -0.2) is 12.5 Å². The Balaban J connectivity index is 2.47. The van der Waals surface area contributed by atoms with Gasteiger partial charge in [0.15, 0.2) is 0 Å². The topological polar surface area (TPSA) is 93.2 Å². The summed E-state index contributed by atoms with van der Waals surface area (Å²) in [6.07, 6.45) is 1.42. The predicted molar refractivity (Wildman–Crippen MR) is 58.4 cm³/mol. The van der Waals surface area contributed by atoms with E-state index in [-0.39, 0.29) is 12.5 Å². The van der Waals surface area contributed by atoms with Crippen LogP contribution in [-0.2, 0) is 0 Å². The van der Waals surface area contributed by atoms with Gasteiger partial charge in [0.05, 0.1) is 6.54 Å². The Kier molecular flexibility index (Phi) is 4.18. The summed E-state index contributed by atoms with van der Waals surface area (Å²) in [5, 5.41) is 2.66. The molecule has 0 aromatic heterocycles. The lowest BCUT2D eigenvalue weighted by Gasteiger charge is -2.05. The molecule has 80 valence electrons. The molecule has 15 heavy (non-hydrogen) atoms. The number of carbonyl (C=O) groups excluding carboxylic acids is 1. The lowest BCUT2D eigenvalue weighted by atomic mass is 10.2. The molecule has 1 rings (SSSR count). The molecular formula is C10H14N4O. The molecule has 0 aliphatic carbocycles. The van der Waals surface area contributed by atoms with Crippen molar-refractivity contribution in [1.82, 2.24) is 10.7 Å². The summed E-state index contributed by atoms with van der Waals surface area (Å²) in [7, 11) is 0. The number of benzene rings is 1. The van der Waals surface area contributed by atoms with Gasteiger partial charge in [-0.25, -0.2) is 0 Å². The third-order valence-electron chi connectivity index (χ3n) is 1.76. The number of hydrazine groups is 1. The lowest BCUT2D eigenvalue weighted by Crippen LogP contribution is -2.29. The van der Waals surface area contributed by atoms with Crippen molar-refractivity contribution in [3.63, 3.8) is 0 Å². The van der Waals surface area contributed by atoms with Crippen LogP contribution in [0.15, 0.2) is 42.2 Å². The zero-order valence-electron chi connectivity index (χ0n) is 8.23. The fourth-order valence-corrected chi connectivity index (χ4v) is 1.03. The van der Waals surface area contributed by atoms with Gasteiger partial charge in [0.25, 0.3) is 5.91 Å². The van der Waals surface area contributed by atoms with Crippen LogP contribution in [0.4, 0.5) is 0 Å². The highest BCUT2D eigenvalue weighted by Crippen LogP contribution is 1.97. The first-order valence-electron chi connectivity index (χ1n) is 4.48. The smallest absolute Gasteiger partial charge is 0.251 e. The monoisotopic (exact) mass is 206 g/mol. The highest BCUT2D eigenvalue weighted by atomic mass is 16.1. The molecule has 0 saturated heterocycles. The van der Waals surface area contributed by atoms with E-state index in [1.807, 2.05) is 6.07 Å². The van der Waals surface area contributed by atoms with E-state index in [0.29, 0.717) is 11.3 Å². The number of amides is 1. The van der Waals surface area contributed by atoms with E-state index in [1.165, 1.54) is 6.20 Å². The van der Waals surface area contributed by atoms with Crippen molar-refractivity contribution in [2.24, 2.45) is 11.6 Å². The van der Waals surface area contributed by atoms with Gasteiger partial charge in [-0.3, -0.25) is 10.6 Å². The van der Waals surface area contributed by atoms with E-state index < -0.39 is 0 Å². The van der Waals surface area contributed by atoms with Gasteiger partial charge in [-0.05, 0) is 12.1 Å². The third-order valence-corrected chi connectivity index (χ3v) is 1.76. The fraction of sp³-hybridized carbons (Fsp3) is 0.100. The zero-order chi connectivity index (χ0) is 11.1. The highest BCUT2D eigenvalue weighted by molar-refractivity contribution is 5.94. The summed E-state index contributed by atoms with van der Waals surface area (Å²) in [6.45, 7) is 0.262. The quantitative estimate of drug-likeness (QED) is 0.401. The van der Waals surface area contributed by atoms with Gasteiger partial charge in [-0.2, -0.15) is 0 Å². The van der Waals surface area contributed by atoms with Gasteiger partial charge < -0.3 is 16.5 Å². The van der Waals surface area contributed by atoms with E-state index in [1.54, 1.807) is 24.3 Å². The van der Waals surface area contributed by atoms with Crippen LogP contribution >= 0.6 is 0 Å². The molecule has 6 N–H and O–H groups in total. The second-order valence-electron chi connectivity index (χ2n) is 2.93. The van der Waals surface area contributed by atoms with Gasteiger partial charge in [-0.1, -0.05) is 18.2 Å². The molecule has 0 spiro atoms. The van der Waals surface area contributed by atoms with Gasteiger partial charge in [0.2, 0.25) is 0 Å². The molecule has 0 atom stereocenters. The summed E-state index contributed by atoms with van der Waals surface area (Å²) in [4.78, 5) is 11.5. The molecule has 5 nitrogen and oxygen atoms in total. The molecule has 0 bridgehead atoms. The SMILES string of the molecule is NN/C=C(\N)CNC(=O)c1ccccc1. The zero-order valence-corrected chi connectivity index (χ0v) is 8.23. The first-order chi connectivity index (χ1) is 7.24. The molecule has 0 radical (unpaired) electrons. The van der Waals surface area contributed by atoms with Crippen LogP contribution < -0.4 is 22.3 Å². The van der Waals surface area contributed by atoms with Gasteiger partial charge in [0, 0.05) is 17.5 Å². The molecule has 0 fully saturated rings. The first-order valence-corrected chi connectivity index (χ1v) is 4.48. The van der Waals surface area contributed by atoms with Crippen LogP contribution in [0, 0.1) is 0 Å². The van der Waals surface area contributed by atoms with Crippen LogP contribution in [0.5, 0.6) is 0 Å². The molecule has 5 heteroatoms. The minimum absolute atomic E-state index is 0.163. The van der Waals surface area contributed by atoms with Crippen molar-refractivity contribution < 1.29 is 4.79 Å². The maximum atomic E-state index is 11.5. The van der Waals surface area contributed by atoms with Crippen molar-refractivity contribution >= 4 is 5.91 Å². The van der Waals surface area contributed by atoms with Crippen molar-refractivity contribution in [3.8, 4) is 0 Å². The average Bonchev–Trinajstić information content (AvgIpc) is 2.27. The molecular weight excluding hydrogens is 192 g/mol. The normalized spacial score (nSPS) is 10.9. The fourth-order valence-electron chi connectivity index (χ4n) is 1.03. The molecule has 1 amide bonds. The van der Waals surface area contributed by atoms with E-state index in [9.17, 15) is 4.79 Å². The number of carbonyl (C=O) groups is 1. The Morgan fingerprint density at radius 2 is 2.00 bits per heavy atom. The largest absolute Gasteiger partial charge is 0.399 e. The Morgan fingerprint density at radius 3 is 2.60 bits per heavy atom. The second-order valence-corrected chi connectivity index (χ2v) is 2.93. The number of hydrogen-bond donors (Lipinski definition) is 4.